The summed E-state index contributed by atoms with van der Waals surface area (Å²) in [7, 11) is 0. The molecule has 1 aromatic rings. The van der Waals surface area contributed by atoms with Gasteiger partial charge >= 0.3 is 0 Å². The fourth-order valence-electron chi connectivity index (χ4n) is 2.03. The van der Waals surface area contributed by atoms with E-state index in [-0.39, 0.29) is 23.8 Å². The third kappa shape index (κ3) is 1.93. The zero-order valence-corrected chi connectivity index (χ0v) is 9.19. The summed E-state index contributed by atoms with van der Waals surface area (Å²) < 4.78 is 12.8. The van der Waals surface area contributed by atoms with E-state index in [0.29, 0.717) is 13.0 Å². The predicted octanol–water partition coefficient (Wildman–Crippen LogP) is 1.45. The fourth-order valence-corrected chi connectivity index (χ4v) is 2.03. The molecule has 0 unspecified atom stereocenters. The molecule has 1 fully saturated rings. The molecule has 1 aliphatic heterocycles. The smallest absolute Gasteiger partial charge is 0.240 e. The van der Waals surface area contributed by atoms with Gasteiger partial charge in [-0.15, -0.1) is 0 Å². The maximum atomic E-state index is 12.8. The van der Waals surface area contributed by atoms with Crippen LogP contribution in [0.5, 0.6) is 0 Å². The van der Waals surface area contributed by atoms with Gasteiger partial charge in [-0.2, -0.15) is 0 Å². The van der Waals surface area contributed by atoms with Crippen LogP contribution in [-0.2, 0) is 4.79 Å². The van der Waals surface area contributed by atoms with Crippen molar-refractivity contribution in [3.63, 3.8) is 0 Å². The van der Waals surface area contributed by atoms with Crippen molar-refractivity contribution in [1.82, 2.24) is 4.90 Å². The monoisotopic (exact) mass is 222 g/mol. The Kier molecular flexibility index (Phi) is 2.92. The van der Waals surface area contributed by atoms with Gasteiger partial charge in [0.15, 0.2) is 0 Å². The van der Waals surface area contributed by atoms with Gasteiger partial charge in [0.1, 0.15) is 5.82 Å². The second-order valence-electron chi connectivity index (χ2n) is 4.15. The maximum Gasteiger partial charge on any atom is 0.240 e. The van der Waals surface area contributed by atoms with Gasteiger partial charge < -0.3 is 10.6 Å². The Hall–Kier alpha value is -1.42. The molecule has 0 bridgehead atoms. The number of hydrogen-bond donors (Lipinski definition) is 1. The molecule has 1 heterocycles. The van der Waals surface area contributed by atoms with Crippen molar-refractivity contribution in [2.24, 2.45) is 5.73 Å². The van der Waals surface area contributed by atoms with Crippen LogP contribution in [0.4, 0.5) is 4.39 Å². The second-order valence-corrected chi connectivity index (χ2v) is 4.15. The number of rotatable bonds is 2. The average molecular weight is 222 g/mol. The summed E-state index contributed by atoms with van der Waals surface area (Å²) in [6.45, 7) is 2.61. The van der Waals surface area contributed by atoms with Crippen LogP contribution in [0.3, 0.4) is 0 Å². The van der Waals surface area contributed by atoms with Crippen LogP contribution in [0, 0.1) is 5.82 Å². The molecule has 86 valence electrons. The SMILES string of the molecule is C[C@H](c1ccc(F)cc1)N1CC[C@@H](N)C1=O. The topological polar surface area (TPSA) is 46.3 Å². The third-order valence-corrected chi connectivity index (χ3v) is 3.10. The standard InChI is InChI=1S/C12H15FN2O/c1-8(9-2-4-10(13)5-3-9)15-7-6-11(14)12(15)16/h2-5,8,11H,6-7,14H2,1H3/t8-,11-/m1/s1. The number of nitrogens with zero attached hydrogens (tertiary/aromatic N) is 1. The van der Waals surface area contributed by atoms with Gasteiger partial charge in [-0.05, 0) is 31.0 Å². The van der Waals surface area contributed by atoms with Crippen LogP contribution >= 0.6 is 0 Å². The van der Waals surface area contributed by atoms with E-state index in [1.165, 1.54) is 12.1 Å². The summed E-state index contributed by atoms with van der Waals surface area (Å²) in [5.41, 5.74) is 6.59. The van der Waals surface area contributed by atoms with Crippen LogP contribution < -0.4 is 5.73 Å². The van der Waals surface area contributed by atoms with Gasteiger partial charge in [-0.3, -0.25) is 4.79 Å². The van der Waals surface area contributed by atoms with Crippen molar-refractivity contribution < 1.29 is 9.18 Å². The molecule has 0 radical (unpaired) electrons. The molecule has 16 heavy (non-hydrogen) atoms. The molecule has 2 rings (SSSR count). The lowest BCUT2D eigenvalue weighted by atomic mass is 10.1. The molecule has 1 aromatic carbocycles. The molecule has 0 saturated carbocycles. The first-order chi connectivity index (χ1) is 7.59. The van der Waals surface area contributed by atoms with Crippen LogP contribution in [0.25, 0.3) is 0 Å². The van der Waals surface area contributed by atoms with Crippen molar-refractivity contribution in [3.8, 4) is 0 Å². The highest BCUT2D eigenvalue weighted by molar-refractivity contribution is 5.84. The Bertz CT molecular complexity index is 391. The third-order valence-electron chi connectivity index (χ3n) is 3.10. The minimum Gasteiger partial charge on any atom is -0.335 e. The van der Waals surface area contributed by atoms with Crippen LogP contribution in [-0.4, -0.2) is 23.4 Å². The Morgan fingerprint density at radius 3 is 2.56 bits per heavy atom. The average Bonchev–Trinajstić information content (AvgIpc) is 2.60. The predicted molar refractivity (Wildman–Crippen MR) is 59.1 cm³/mol. The molecule has 1 aliphatic rings. The number of benzene rings is 1. The Morgan fingerprint density at radius 1 is 1.44 bits per heavy atom. The number of likely N-dealkylation sites (tertiary alicyclic amines) is 1. The number of amides is 1. The molecule has 4 heteroatoms. The highest BCUT2D eigenvalue weighted by Crippen LogP contribution is 2.25. The minimum absolute atomic E-state index is 0.0168. The van der Waals surface area contributed by atoms with E-state index >= 15 is 0 Å². The maximum absolute atomic E-state index is 12.8. The van der Waals surface area contributed by atoms with E-state index in [0.717, 1.165) is 5.56 Å². The molecular weight excluding hydrogens is 207 g/mol. The van der Waals surface area contributed by atoms with E-state index < -0.39 is 0 Å². The van der Waals surface area contributed by atoms with Crippen LogP contribution in [0.2, 0.25) is 0 Å². The Balaban J connectivity index is 2.16. The van der Waals surface area contributed by atoms with Crippen LogP contribution in [0.1, 0.15) is 24.9 Å². The summed E-state index contributed by atoms with van der Waals surface area (Å²) in [4.78, 5) is 13.5. The van der Waals surface area contributed by atoms with E-state index in [2.05, 4.69) is 0 Å². The van der Waals surface area contributed by atoms with Gasteiger partial charge in [-0.25, -0.2) is 4.39 Å². The number of carbonyl (C=O) groups is 1. The van der Waals surface area contributed by atoms with Gasteiger partial charge in [0.2, 0.25) is 5.91 Å². The van der Waals surface area contributed by atoms with Crippen molar-refractivity contribution >= 4 is 5.91 Å². The largest absolute Gasteiger partial charge is 0.335 e. The molecule has 1 amide bonds. The first-order valence-corrected chi connectivity index (χ1v) is 5.41. The zero-order chi connectivity index (χ0) is 11.7. The fraction of sp³-hybridized carbons (Fsp3) is 0.417. The lowest BCUT2D eigenvalue weighted by Gasteiger charge is -2.24. The first-order valence-electron chi connectivity index (χ1n) is 5.41. The lowest BCUT2D eigenvalue weighted by Crippen LogP contribution is -2.35. The summed E-state index contributed by atoms with van der Waals surface area (Å²) in [6, 6.07) is 5.82. The van der Waals surface area contributed by atoms with E-state index in [4.69, 9.17) is 5.73 Å². The van der Waals surface area contributed by atoms with Crippen molar-refractivity contribution in [3.05, 3.63) is 35.6 Å². The Morgan fingerprint density at radius 2 is 2.06 bits per heavy atom. The second kappa shape index (κ2) is 4.22. The van der Waals surface area contributed by atoms with Gasteiger partial charge in [-0.1, -0.05) is 12.1 Å². The summed E-state index contributed by atoms with van der Waals surface area (Å²) in [5, 5.41) is 0. The highest BCUT2D eigenvalue weighted by atomic mass is 19.1. The minimum atomic E-state index is -0.372. The summed E-state index contributed by atoms with van der Waals surface area (Å²) in [5.74, 6) is -0.280. The molecule has 2 N–H and O–H groups in total. The molecule has 2 atom stereocenters. The number of nitrogens with two attached hydrogens (primary N) is 1. The number of halogens is 1. The number of hydrogen-bond acceptors (Lipinski definition) is 2. The Labute approximate surface area is 94.0 Å². The van der Waals surface area contributed by atoms with E-state index in [9.17, 15) is 9.18 Å². The zero-order valence-electron chi connectivity index (χ0n) is 9.19. The van der Waals surface area contributed by atoms with Gasteiger partial charge in [0.05, 0.1) is 12.1 Å². The highest BCUT2D eigenvalue weighted by Gasteiger charge is 2.32. The van der Waals surface area contributed by atoms with Crippen molar-refractivity contribution in [2.75, 3.05) is 6.54 Å². The lowest BCUT2D eigenvalue weighted by molar-refractivity contribution is -0.130. The molecule has 3 nitrogen and oxygen atoms in total. The molecule has 1 saturated heterocycles. The summed E-state index contributed by atoms with van der Waals surface area (Å²) >= 11 is 0. The van der Waals surface area contributed by atoms with Gasteiger partial charge in [0, 0.05) is 6.54 Å². The van der Waals surface area contributed by atoms with Crippen molar-refractivity contribution in [2.45, 2.75) is 25.4 Å². The molecule has 0 aliphatic carbocycles. The normalized spacial score (nSPS) is 22.6. The van der Waals surface area contributed by atoms with Crippen LogP contribution in [0.15, 0.2) is 24.3 Å². The summed E-state index contributed by atoms with van der Waals surface area (Å²) in [6.07, 6.45) is 0.699. The molecular formula is C12H15FN2O. The number of carbonyl (C=O) groups excluding carboxylic acids is 1. The van der Waals surface area contributed by atoms with Gasteiger partial charge in [0.25, 0.3) is 0 Å². The first kappa shape index (κ1) is 11.1. The van der Waals surface area contributed by atoms with E-state index in [1.54, 1.807) is 17.0 Å². The molecule has 0 aromatic heterocycles. The van der Waals surface area contributed by atoms with E-state index in [1.807, 2.05) is 6.92 Å². The van der Waals surface area contributed by atoms with Crippen molar-refractivity contribution in [1.29, 1.82) is 0 Å². The molecule has 0 spiro atoms. The quantitative estimate of drug-likeness (QED) is 0.823.